The van der Waals surface area contributed by atoms with E-state index in [0.717, 1.165) is 29.8 Å². The van der Waals surface area contributed by atoms with E-state index in [1.807, 2.05) is 18.2 Å². The molecule has 0 aliphatic carbocycles. The van der Waals surface area contributed by atoms with Gasteiger partial charge in [0, 0.05) is 0 Å². The highest BCUT2D eigenvalue weighted by Gasteiger charge is 2.54. The minimum atomic E-state index is -4.54. The summed E-state index contributed by atoms with van der Waals surface area (Å²) >= 11 is 0. The molecule has 2 heterocycles. The van der Waals surface area contributed by atoms with Crippen LogP contribution in [-0.4, -0.2) is 23.5 Å². The van der Waals surface area contributed by atoms with Gasteiger partial charge in [-0.05, 0) is 41.0 Å². The molecule has 0 radical (unpaired) electrons. The number of alkyl halides is 6. The minimum Gasteiger partial charge on any atom is -0.462 e. The van der Waals surface area contributed by atoms with Crippen molar-refractivity contribution in [1.82, 2.24) is 4.90 Å². The van der Waals surface area contributed by atoms with Crippen LogP contribution in [0.1, 0.15) is 46.2 Å². The third-order valence-electron chi connectivity index (χ3n) is 6.41. The van der Waals surface area contributed by atoms with E-state index in [1.165, 1.54) is 24.3 Å². The predicted molar refractivity (Wildman–Crippen MR) is 115 cm³/mol. The summed E-state index contributed by atoms with van der Waals surface area (Å²) in [5, 5.41) is 0. The summed E-state index contributed by atoms with van der Waals surface area (Å²) in [4.78, 5) is 14.7. The lowest BCUT2D eigenvalue weighted by atomic mass is 9.95. The minimum absolute atomic E-state index is 0.0143. The van der Waals surface area contributed by atoms with Gasteiger partial charge in [0.05, 0.1) is 17.2 Å². The van der Waals surface area contributed by atoms with Gasteiger partial charge in [-0.25, -0.2) is 4.90 Å². The second kappa shape index (κ2) is 8.94. The first kappa shape index (κ1) is 24.3. The Bertz CT molecular complexity index is 1230. The van der Waals surface area contributed by atoms with Crippen LogP contribution in [0, 0.1) is 0 Å². The average molecular weight is 507 g/mol. The highest BCUT2D eigenvalue weighted by atomic mass is 19.4. The van der Waals surface area contributed by atoms with Crippen LogP contribution in [0.5, 0.6) is 0 Å². The number of hydrogen-bond donors (Lipinski definition) is 0. The summed E-state index contributed by atoms with van der Waals surface area (Å²) in [6.45, 7) is -0.0143. The van der Waals surface area contributed by atoms with E-state index in [2.05, 4.69) is 0 Å². The van der Waals surface area contributed by atoms with Crippen LogP contribution in [0.15, 0.2) is 78.9 Å². The lowest BCUT2D eigenvalue weighted by Crippen LogP contribution is -2.49. The third kappa shape index (κ3) is 4.46. The molecular formula is C26H19F6NO3. The number of rotatable bonds is 3. The molecule has 2 saturated heterocycles. The van der Waals surface area contributed by atoms with E-state index >= 15 is 0 Å². The number of ether oxygens (including phenoxy) is 2. The third-order valence-corrected chi connectivity index (χ3v) is 6.41. The van der Waals surface area contributed by atoms with Crippen LogP contribution in [0.2, 0.25) is 0 Å². The first-order valence-corrected chi connectivity index (χ1v) is 11.0. The van der Waals surface area contributed by atoms with Gasteiger partial charge in [0.15, 0.2) is 0 Å². The van der Waals surface area contributed by atoms with E-state index in [0.29, 0.717) is 11.1 Å². The standard InChI is InChI=1S/C26H19F6NO3/c27-25(28,29)18-10-6-16(7-11-18)22-21-24(34)35-14-20(15-4-2-1-3-5-15)33(21)23(36-22)17-8-12-19(13-9-17)26(30,31)32/h1-13,20-23H,14H2/t20-,21?,22-,23+/m1/s1. The van der Waals surface area contributed by atoms with Gasteiger partial charge in [0.25, 0.3) is 0 Å². The molecule has 36 heavy (non-hydrogen) atoms. The molecule has 0 amide bonds. The fourth-order valence-corrected chi connectivity index (χ4v) is 4.67. The molecule has 3 aromatic rings. The van der Waals surface area contributed by atoms with Crippen molar-refractivity contribution in [3.8, 4) is 0 Å². The molecule has 188 valence electrons. The fraction of sp³-hybridized carbons (Fsp3) is 0.269. The fourth-order valence-electron chi connectivity index (χ4n) is 4.67. The van der Waals surface area contributed by atoms with Gasteiger partial charge in [0.2, 0.25) is 0 Å². The van der Waals surface area contributed by atoms with Crippen LogP contribution in [0.4, 0.5) is 26.3 Å². The van der Waals surface area contributed by atoms with Gasteiger partial charge in [-0.2, -0.15) is 26.3 Å². The molecule has 4 atom stereocenters. The molecule has 2 aliphatic rings. The number of fused-ring (bicyclic) bond motifs is 1. The summed E-state index contributed by atoms with van der Waals surface area (Å²) in [7, 11) is 0. The number of benzene rings is 3. The predicted octanol–water partition coefficient (Wildman–Crippen LogP) is 6.46. The van der Waals surface area contributed by atoms with E-state index in [4.69, 9.17) is 9.47 Å². The zero-order valence-electron chi connectivity index (χ0n) is 18.5. The topological polar surface area (TPSA) is 38.8 Å². The summed E-state index contributed by atoms with van der Waals surface area (Å²) in [6, 6.07) is 16.3. The van der Waals surface area contributed by atoms with Crippen molar-refractivity contribution in [2.45, 2.75) is 36.8 Å². The van der Waals surface area contributed by atoms with Crippen molar-refractivity contribution in [2.75, 3.05) is 6.61 Å². The molecule has 0 N–H and O–H groups in total. The number of morpholine rings is 1. The lowest BCUT2D eigenvalue weighted by Gasteiger charge is -2.39. The Morgan fingerprint density at radius 2 is 1.22 bits per heavy atom. The molecule has 1 unspecified atom stereocenters. The van der Waals surface area contributed by atoms with Crippen molar-refractivity contribution in [3.05, 3.63) is 107 Å². The molecule has 4 nitrogen and oxygen atoms in total. The Labute approximate surface area is 202 Å². The Morgan fingerprint density at radius 1 is 0.694 bits per heavy atom. The van der Waals surface area contributed by atoms with Crippen molar-refractivity contribution in [1.29, 1.82) is 0 Å². The summed E-state index contributed by atoms with van der Waals surface area (Å²) in [6.07, 6.45) is -11.0. The average Bonchev–Trinajstić information content (AvgIpc) is 3.25. The molecule has 10 heteroatoms. The largest absolute Gasteiger partial charge is 0.462 e. The number of cyclic esters (lactones) is 1. The zero-order chi connectivity index (χ0) is 25.7. The smallest absolute Gasteiger partial charge is 0.416 e. The number of hydrogen-bond acceptors (Lipinski definition) is 4. The molecule has 0 aromatic heterocycles. The van der Waals surface area contributed by atoms with E-state index in [9.17, 15) is 31.1 Å². The first-order chi connectivity index (χ1) is 17.0. The van der Waals surface area contributed by atoms with Gasteiger partial charge in [-0.3, -0.25) is 4.79 Å². The van der Waals surface area contributed by atoms with Gasteiger partial charge in [-0.15, -0.1) is 0 Å². The van der Waals surface area contributed by atoms with Crippen LogP contribution in [-0.2, 0) is 26.6 Å². The number of carbonyl (C=O) groups is 1. The van der Waals surface area contributed by atoms with Crippen LogP contribution in [0.3, 0.4) is 0 Å². The Hall–Kier alpha value is -3.37. The molecule has 0 spiro atoms. The van der Waals surface area contributed by atoms with Crippen LogP contribution < -0.4 is 0 Å². The van der Waals surface area contributed by atoms with Crippen molar-refractivity contribution < 1.29 is 40.6 Å². The van der Waals surface area contributed by atoms with Crippen LogP contribution in [0.25, 0.3) is 0 Å². The highest BCUT2D eigenvalue weighted by Crippen LogP contribution is 2.49. The quantitative estimate of drug-likeness (QED) is 0.301. The number of carbonyl (C=O) groups excluding carboxylic acids is 1. The molecule has 0 bridgehead atoms. The molecule has 3 aromatic carbocycles. The Balaban J connectivity index is 1.57. The van der Waals surface area contributed by atoms with Gasteiger partial charge < -0.3 is 9.47 Å². The Kier molecular flexibility index (Phi) is 6.04. The second-order valence-corrected chi connectivity index (χ2v) is 8.60. The number of halogens is 6. The van der Waals surface area contributed by atoms with E-state index in [1.54, 1.807) is 17.0 Å². The number of esters is 1. The SMILES string of the molecule is O=C1OC[C@H](c2ccccc2)N2C1[C@@H](c1ccc(C(F)(F)F)cc1)O[C@H]2c1ccc(C(F)(F)F)cc1. The molecule has 0 saturated carbocycles. The maximum atomic E-state index is 13.1. The highest BCUT2D eigenvalue weighted by molar-refractivity contribution is 5.78. The summed E-state index contributed by atoms with van der Waals surface area (Å²) < 4.78 is 90.2. The molecule has 5 rings (SSSR count). The van der Waals surface area contributed by atoms with Gasteiger partial charge in [0.1, 0.15) is 25.0 Å². The van der Waals surface area contributed by atoms with Crippen LogP contribution >= 0.6 is 0 Å². The lowest BCUT2D eigenvalue weighted by molar-refractivity contribution is -0.163. The first-order valence-electron chi connectivity index (χ1n) is 11.0. The Morgan fingerprint density at radius 3 is 1.75 bits per heavy atom. The van der Waals surface area contributed by atoms with Crippen molar-refractivity contribution in [3.63, 3.8) is 0 Å². The molecular weight excluding hydrogens is 488 g/mol. The maximum absolute atomic E-state index is 13.1. The van der Waals surface area contributed by atoms with Crippen molar-refractivity contribution >= 4 is 5.97 Å². The van der Waals surface area contributed by atoms with E-state index in [-0.39, 0.29) is 6.61 Å². The van der Waals surface area contributed by atoms with Gasteiger partial charge in [-0.1, -0.05) is 54.6 Å². The van der Waals surface area contributed by atoms with E-state index < -0.39 is 53.9 Å². The zero-order valence-corrected chi connectivity index (χ0v) is 18.5. The molecule has 2 aliphatic heterocycles. The summed E-state index contributed by atoms with van der Waals surface area (Å²) in [5.74, 6) is -0.624. The summed E-state index contributed by atoms with van der Waals surface area (Å²) in [5.41, 5.74) is -0.203. The van der Waals surface area contributed by atoms with Crippen molar-refractivity contribution in [2.24, 2.45) is 0 Å². The van der Waals surface area contributed by atoms with Gasteiger partial charge >= 0.3 is 18.3 Å². The molecule has 2 fully saturated rings. The monoisotopic (exact) mass is 507 g/mol. The maximum Gasteiger partial charge on any atom is 0.416 e. The number of nitrogens with zero attached hydrogens (tertiary/aromatic N) is 1. The normalized spacial score (nSPS) is 24.9. The second-order valence-electron chi connectivity index (χ2n) is 8.60.